The summed E-state index contributed by atoms with van der Waals surface area (Å²) < 4.78 is 0. The fourth-order valence-electron chi connectivity index (χ4n) is 1.84. The van der Waals surface area contributed by atoms with Crippen molar-refractivity contribution in [1.29, 1.82) is 5.26 Å². The highest BCUT2D eigenvalue weighted by Gasteiger charge is 2.14. The number of nitro groups is 1. The normalized spacial score (nSPS) is 11.4. The van der Waals surface area contributed by atoms with Crippen molar-refractivity contribution in [2.24, 2.45) is 0 Å². The minimum atomic E-state index is -0.563. The molecule has 0 fully saturated rings. The number of benzene rings is 1. The standard InChI is InChI=1S/C14H12N4O2/c1-10(11-3-2-6-16-9-11)17-13-4-5-14(18(19)20)12(7-13)8-15/h2-7,9-10,17H,1H3. The van der Waals surface area contributed by atoms with Crippen molar-refractivity contribution < 1.29 is 4.92 Å². The van der Waals surface area contributed by atoms with E-state index in [0.717, 1.165) is 5.56 Å². The zero-order valence-corrected chi connectivity index (χ0v) is 10.8. The van der Waals surface area contributed by atoms with Gasteiger partial charge in [0.1, 0.15) is 11.6 Å². The van der Waals surface area contributed by atoms with E-state index in [-0.39, 0.29) is 17.3 Å². The van der Waals surface area contributed by atoms with E-state index < -0.39 is 4.92 Å². The van der Waals surface area contributed by atoms with Crippen LogP contribution in [0.3, 0.4) is 0 Å². The van der Waals surface area contributed by atoms with Crippen LogP contribution in [-0.2, 0) is 0 Å². The molecule has 0 aliphatic carbocycles. The van der Waals surface area contributed by atoms with E-state index in [0.29, 0.717) is 5.69 Å². The molecule has 1 N–H and O–H groups in total. The molecule has 0 aliphatic heterocycles. The highest BCUT2D eigenvalue weighted by Crippen LogP contribution is 2.24. The van der Waals surface area contributed by atoms with Gasteiger partial charge in [0.05, 0.1) is 11.0 Å². The minimum absolute atomic E-state index is 0.0169. The first-order valence-electron chi connectivity index (χ1n) is 5.97. The number of pyridine rings is 1. The molecule has 100 valence electrons. The average molecular weight is 268 g/mol. The minimum Gasteiger partial charge on any atom is -0.378 e. The largest absolute Gasteiger partial charge is 0.378 e. The molecular formula is C14H12N4O2. The summed E-state index contributed by atoms with van der Waals surface area (Å²) in [5.74, 6) is 0. The number of rotatable bonds is 4. The van der Waals surface area contributed by atoms with Crippen molar-refractivity contribution in [2.75, 3.05) is 5.32 Å². The second-order valence-corrected chi connectivity index (χ2v) is 4.25. The molecule has 0 spiro atoms. The van der Waals surface area contributed by atoms with Crippen LogP contribution in [0.5, 0.6) is 0 Å². The fraction of sp³-hybridized carbons (Fsp3) is 0.143. The predicted octanol–water partition coefficient (Wildman–Crippen LogP) is 3.03. The molecule has 20 heavy (non-hydrogen) atoms. The lowest BCUT2D eigenvalue weighted by Gasteiger charge is -2.15. The van der Waals surface area contributed by atoms with Crippen LogP contribution in [0.2, 0.25) is 0 Å². The zero-order valence-electron chi connectivity index (χ0n) is 10.8. The van der Waals surface area contributed by atoms with Gasteiger partial charge in [-0.3, -0.25) is 15.1 Å². The number of nitriles is 1. The van der Waals surface area contributed by atoms with Crippen LogP contribution >= 0.6 is 0 Å². The van der Waals surface area contributed by atoms with E-state index in [2.05, 4.69) is 10.3 Å². The van der Waals surface area contributed by atoms with Gasteiger partial charge in [0.15, 0.2) is 0 Å². The van der Waals surface area contributed by atoms with Crippen LogP contribution < -0.4 is 5.32 Å². The van der Waals surface area contributed by atoms with Crippen LogP contribution in [0.4, 0.5) is 11.4 Å². The molecule has 6 heteroatoms. The Hall–Kier alpha value is -2.94. The summed E-state index contributed by atoms with van der Waals surface area (Å²) in [5.41, 5.74) is 1.50. The van der Waals surface area contributed by atoms with Crippen molar-refractivity contribution in [3.63, 3.8) is 0 Å². The highest BCUT2D eigenvalue weighted by molar-refractivity contribution is 5.59. The topological polar surface area (TPSA) is 91.9 Å². The molecule has 1 heterocycles. The van der Waals surface area contributed by atoms with E-state index in [9.17, 15) is 10.1 Å². The Morgan fingerprint density at radius 3 is 2.85 bits per heavy atom. The van der Waals surface area contributed by atoms with Gasteiger partial charge in [0.2, 0.25) is 0 Å². The third-order valence-corrected chi connectivity index (χ3v) is 2.88. The SMILES string of the molecule is CC(Nc1ccc([N+](=O)[O-])c(C#N)c1)c1cccnc1. The highest BCUT2D eigenvalue weighted by atomic mass is 16.6. The molecule has 1 atom stereocenters. The van der Waals surface area contributed by atoms with Crippen molar-refractivity contribution >= 4 is 11.4 Å². The maximum atomic E-state index is 10.8. The summed E-state index contributed by atoms with van der Waals surface area (Å²) in [6.45, 7) is 1.95. The molecule has 2 rings (SSSR count). The van der Waals surface area contributed by atoms with Crippen LogP contribution in [0.1, 0.15) is 24.1 Å². The fourth-order valence-corrected chi connectivity index (χ4v) is 1.84. The molecule has 1 aromatic carbocycles. The predicted molar refractivity (Wildman–Crippen MR) is 74.1 cm³/mol. The quantitative estimate of drug-likeness (QED) is 0.679. The summed E-state index contributed by atoms with van der Waals surface area (Å²) >= 11 is 0. The van der Waals surface area contributed by atoms with E-state index in [1.165, 1.54) is 12.1 Å². The van der Waals surface area contributed by atoms with Gasteiger partial charge in [0.25, 0.3) is 5.69 Å². The lowest BCUT2D eigenvalue weighted by Crippen LogP contribution is -2.07. The molecule has 0 aliphatic rings. The Labute approximate surface area is 115 Å². The summed E-state index contributed by atoms with van der Waals surface area (Å²) in [5, 5.41) is 22.9. The third-order valence-electron chi connectivity index (χ3n) is 2.88. The third kappa shape index (κ3) is 2.90. The van der Waals surface area contributed by atoms with Gasteiger partial charge in [-0.25, -0.2) is 0 Å². The van der Waals surface area contributed by atoms with Crippen LogP contribution in [0, 0.1) is 21.4 Å². The summed E-state index contributed by atoms with van der Waals surface area (Å²) in [4.78, 5) is 14.2. The zero-order chi connectivity index (χ0) is 14.5. The first-order valence-corrected chi connectivity index (χ1v) is 5.97. The molecule has 6 nitrogen and oxygen atoms in total. The van der Waals surface area contributed by atoms with Crippen molar-refractivity contribution in [2.45, 2.75) is 13.0 Å². The Balaban J connectivity index is 2.23. The van der Waals surface area contributed by atoms with Crippen molar-refractivity contribution in [3.05, 3.63) is 64.0 Å². The van der Waals surface area contributed by atoms with E-state index >= 15 is 0 Å². The average Bonchev–Trinajstić information content (AvgIpc) is 2.47. The molecule has 1 aromatic heterocycles. The maximum Gasteiger partial charge on any atom is 0.287 e. The maximum absolute atomic E-state index is 10.8. The molecule has 0 radical (unpaired) electrons. The molecular weight excluding hydrogens is 256 g/mol. The lowest BCUT2D eigenvalue weighted by atomic mass is 10.1. The van der Waals surface area contributed by atoms with Gasteiger partial charge in [-0.2, -0.15) is 5.26 Å². The van der Waals surface area contributed by atoms with Gasteiger partial charge >= 0.3 is 0 Å². The number of nitrogens with zero attached hydrogens (tertiary/aromatic N) is 3. The number of anilines is 1. The van der Waals surface area contributed by atoms with Gasteiger partial charge in [-0.15, -0.1) is 0 Å². The Kier molecular flexibility index (Phi) is 3.91. The second kappa shape index (κ2) is 5.80. The Morgan fingerprint density at radius 2 is 2.25 bits per heavy atom. The summed E-state index contributed by atoms with van der Waals surface area (Å²) in [6, 6.07) is 9.99. The summed E-state index contributed by atoms with van der Waals surface area (Å²) in [7, 11) is 0. The molecule has 2 aromatic rings. The first kappa shape index (κ1) is 13.5. The van der Waals surface area contributed by atoms with E-state index in [1.807, 2.05) is 25.1 Å². The summed E-state index contributed by atoms with van der Waals surface area (Å²) in [6.07, 6.45) is 3.43. The van der Waals surface area contributed by atoms with Crippen LogP contribution in [0.25, 0.3) is 0 Å². The first-order chi connectivity index (χ1) is 9.61. The monoisotopic (exact) mass is 268 g/mol. The number of aromatic nitrogens is 1. The second-order valence-electron chi connectivity index (χ2n) is 4.25. The number of nitro benzene ring substituents is 1. The van der Waals surface area contributed by atoms with Crippen molar-refractivity contribution in [1.82, 2.24) is 4.98 Å². The number of hydrogen-bond donors (Lipinski definition) is 1. The molecule has 0 saturated heterocycles. The van der Waals surface area contributed by atoms with E-state index in [4.69, 9.17) is 5.26 Å². The number of hydrogen-bond acceptors (Lipinski definition) is 5. The molecule has 1 unspecified atom stereocenters. The Bertz CT molecular complexity index is 665. The molecule has 0 amide bonds. The lowest BCUT2D eigenvalue weighted by molar-refractivity contribution is -0.385. The molecule has 0 saturated carbocycles. The van der Waals surface area contributed by atoms with Gasteiger partial charge < -0.3 is 5.32 Å². The van der Waals surface area contributed by atoms with Gasteiger partial charge in [0, 0.05) is 24.1 Å². The van der Waals surface area contributed by atoms with Gasteiger partial charge in [-0.1, -0.05) is 6.07 Å². The molecule has 0 bridgehead atoms. The van der Waals surface area contributed by atoms with Crippen LogP contribution in [-0.4, -0.2) is 9.91 Å². The van der Waals surface area contributed by atoms with Crippen LogP contribution in [0.15, 0.2) is 42.7 Å². The van der Waals surface area contributed by atoms with Gasteiger partial charge in [-0.05, 0) is 30.7 Å². The van der Waals surface area contributed by atoms with Crippen molar-refractivity contribution in [3.8, 4) is 6.07 Å². The van der Waals surface area contributed by atoms with E-state index in [1.54, 1.807) is 18.5 Å². The Morgan fingerprint density at radius 1 is 1.45 bits per heavy atom. The smallest absolute Gasteiger partial charge is 0.287 e. The number of nitrogens with one attached hydrogen (secondary N) is 1.